The number of fused-ring (bicyclic) bond motifs is 1. The second kappa shape index (κ2) is 5.60. The van der Waals surface area contributed by atoms with Crippen LogP contribution in [-0.4, -0.2) is 21.6 Å². The van der Waals surface area contributed by atoms with E-state index < -0.39 is 0 Å². The van der Waals surface area contributed by atoms with E-state index in [4.69, 9.17) is 16.3 Å². The third kappa shape index (κ3) is 2.90. The van der Waals surface area contributed by atoms with E-state index in [2.05, 4.69) is 35.3 Å². The van der Waals surface area contributed by atoms with Gasteiger partial charge in [-0.25, -0.2) is 4.98 Å². The van der Waals surface area contributed by atoms with Crippen LogP contribution in [-0.2, 0) is 6.54 Å². The van der Waals surface area contributed by atoms with Gasteiger partial charge in [0.2, 0.25) is 5.88 Å². The summed E-state index contributed by atoms with van der Waals surface area (Å²) in [5, 5.41) is -0.150. The Morgan fingerprint density at radius 1 is 1.35 bits per heavy atom. The predicted octanol–water partition coefficient (Wildman–Crippen LogP) is 4.18. The molecule has 0 aromatic carbocycles. The van der Waals surface area contributed by atoms with E-state index in [0.717, 1.165) is 30.0 Å². The molecule has 1 unspecified atom stereocenters. The lowest BCUT2D eigenvalue weighted by Crippen LogP contribution is -2.20. The van der Waals surface area contributed by atoms with Gasteiger partial charge in [0.25, 0.3) is 0 Å². The van der Waals surface area contributed by atoms with Crippen LogP contribution in [0.25, 0.3) is 11.2 Å². The van der Waals surface area contributed by atoms with Crippen molar-refractivity contribution < 1.29 is 4.74 Å². The number of hydrogen-bond acceptors (Lipinski definition) is 3. The van der Waals surface area contributed by atoms with Gasteiger partial charge < -0.3 is 9.30 Å². The number of nitrogens with zero attached hydrogens (tertiary/aromatic N) is 3. The zero-order valence-corrected chi connectivity index (χ0v) is 13.5. The number of alkyl halides is 1. The summed E-state index contributed by atoms with van der Waals surface area (Å²) in [7, 11) is 1.62. The smallest absolute Gasteiger partial charge is 0.215 e. The van der Waals surface area contributed by atoms with E-state index in [0.29, 0.717) is 5.88 Å². The second-order valence-corrected chi connectivity index (χ2v) is 6.54. The molecule has 0 aliphatic rings. The van der Waals surface area contributed by atoms with Crippen LogP contribution in [0, 0.1) is 5.41 Å². The zero-order chi connectivity index (χ0) is 14.9. The van der Waals surface area contributed by atoms with Gasteiger partial charge in [-0.15, -0.1) is 11.6 Å². The fourth-order valence-electron chi connectivity index (χ4n) is 2.11. The predicted molar refractivity (Wildman–Crippen MR) is 82.4 cm³/mol. The molecule has 20 heavy (non-hydrogen) atoms. The first-order valence-electron chi connectivity index (χ1n) is 6.93. The molecule has 0 bridgehead atoms. The minimum atomic E-state index is -0.150. The number of methoxy groups -OCH3 is 1. The Morgan fingerprint density at radius 3 is 2.60 bits per heavy atom. The summed E-state index contributed by atoms with van der Waals surface area (Å²) in [5.74, 6) is 1.46. The van der Waals surface area contributed by atoms with E-state index >= 15 is 0 Å². The largest absolute Gasteiger partial charge is 0.481 e. The molecule has 0 radical (unpaired) electrons. The van der Waals surface area contributed by atoms with Crippen molar-refractivity contribution in [1.29, 1.82) is 0 Å². The lowest BCUT2D eigenvalue weighted by molar-refractivity contribution is 0.293. The van der Waals surface area contributed by atoms with Crippen molar-refractivity contribution in [3.05, 3.63) is 18.0 Å². The van der Waals surface area contributed by atoms with Crippen LogP contribution in [0.5, 0.6) is 5.88 Å². The van der Waals surface area contributed by atoms with Crippen molar-refractivity contribution in [1.82, 2.24) is 14.5 Å². The molecule has 1 atom stereocenters. The third-order valence-corrected chi connectivity index (χ3v) is 3.90. The fourth-order valence-corrected chi connectivity index (χ4v) is 2.28. The van der Waals surface area contributed by atoms with Gasteiger partial charge in [-0.1, -0.05) is 20.8 Å². The van der Waals surface area contributed by atoms with E-state index in [9.17, 15) is 0 Å². The summed E-state index contributed by atoms with van der Waals surface area (Å²) < 4.78 is 7.34. The van der Waals surface area contributed by atoms with Crippen LogP contribution >= 0.6 is 11.6 Å². The normalized spacial score (nSPS) is 13.7. The van der Waals surface area contributed by atoms with Gasteiger partial charge in [-0.3, -0.25) is 0 Å². The first kappa shape index (κ1) is 15.1. The average molecular weight is 296 g/mol. The van der Waals surface area contributed by atoms with Crippen LogP contribution in [0.2, 0.25) is 0 Å². The molecule has 0 aliphatic heterocycles. The monoisotopic (exact) mass is 295 g/mol. The summed E-state index contributed by atoms with van der Waals surface area (Å²) in [6.45, 7) is 9.45. The van der Waals surface area contributed by atoms with Crippen LogP contribution < -0.4 is 4.74 Å². The lowest BCUT2D eigenvalue weighted by Gasteiger charge is -2.24. The van der Waals surface area contributed by atoms with Crippen LogP contribution in [0.3, 0.4) is 0 Å². The summed E-state index contributed by atoms with van der Waals surface area (Å²) in [5.41, 5.74) is 1.87. The summed E-state index contributed by atoms with van der Waals surface area (Å²) in [6.07, 6.45) is 1.08. The molecular formula is C15H22ClN3O. The number of aromatic nitrogens is 3. The summed E-state index contributed by atoms with van der Waals surface area (Å²) >= 11 is 6.28. The molecule has 2 heterocycles. The number of halogens is 1. The molecule has 2 rings (SSSR count). The molecule has 0 N–H and O–H groups in total. The van der Waals surface area contributed by atoms with Crippen molar-refractivity contribution in [2.45, 2.75) is 46.0 Å². The van der Waals surface area contributed by atoms with Crippen molar-refractivity contribution in [2.75, 3.05) is 7.11 Å². The Balaban J connectivity index is 2.60. The first-order valence-corrected chi connectivity index (χ1v) is 7.37. The number of hydrogen-bond donors (Lipinski definition) is 0. The first-order chi connectivity index (χ1) is 9.38. The lowest BCUT2D eigenvalue weighted by atomic mass is 9.90. The molecule has 0 fully saturated rings. The Kier molecular flexibility index (Phi) is 4.23. The van der Waals surface area contributed by atoms with Crippen LogP contribution in [0.4, 0.5) is 0 Å². The highest BCUT2D eigenvalue weighted by molar-refractivity contribution is 6.20. The second-order valence-electron chi connectivity index (χ2n) is 5.89. The minimum Gasteiger partial charge on any atom is -0.481 e. The number of pyridine rings is 1. The van der Waals surface area contributed by atoms with E-state index in [1.165, 1.54) is 0 Å². The van der Waals surface area contributed by atoms with Gasteiger partial charge >= 0.3 is 0 Å². The maximum Gasteiger partial charge on any atom is 0.215 e. The van der Waals surface area contributed by atoms with Gasteiger partial charge in [-0.05, 0) is 24.8 Å². The minimum absolute atomic E-state index is 0.150. The molecule has 0 saturated carbocycles. The van der Waals surface area contributed by atoms with E-state index in [1.54, 1.807) is 7.11 Å². The topological polar surface area (TPSA) is 39.9 Å². The number of imidazole rings is 1. The molecular weight excluding hydrogens is 274 g/mol. The SMILES string of the molecule is CCC(C)(C)Cn1c(C(C)Cl)nc2ccc(OC)nc21. The molecule has 0 saturated heterocycles. The Morgan fingerprint density at radius 2 is 2.05 bits per heavy atom. The number of ether oxygens (including phenoxy) is 1. The number of rotatable bonds is 5. The molecule has 110 valence electrons. The van der Waals surface area contributed by atoms with E-state index in [1.807, 2.05) is 19.1 Å². The van der Waals surface area contributed by atoms with Crippen molar-refractivity contribution >= 4 is 22.8 Å². The van der Waals surface area contributed by atoms with Crippen molar-refractivity contribution in [2.24, 2.45) is 5.41 Å². The Bertz CT molecular complexity index is 604. The third-order valence-electron chi connectivity index (χ3n) is 3.70. The molecule has 0 spiro atoms. The summed E-state index contributed by atoms with van der Waals surface area (Å²) in [4.78, 5) is 9.15. The van der Waals surface area contributed by atoms with Crippen LogP contribution in [0.15, 0.2) is 12.1 Å². The zero-order valence-electron chi connectivity index (χ0n) is 12.8. The highest BCUT2D eigenvalue weighted by Gasteiger charge is 2.23. The van der Waals surface area contributed by atoms with Gasteiger partial charge in [-0.2, -0.15) is 4.98 Å². The molecule has 2 aromatic heterocycles. The van der Waals surface area contributed by atoms with Gasteiger partial charge in [0.05, 0.1) is 12.5 Å². The molecule has 2 aromatic rings. The summed E-state index contributed by atoms with van der Waals surface area (Å²) in [6, 6.07) is 3.76. The highest BCUT2D eigenvalue weighted by atomic mass is 35.5. The Hall–Kier alpha value is -1.29. The molecule has 4 nitrogen and oxygen atoms in total. The van der Waals surface area contributed by atoms with Crippen molar-refractivity contribution in [3.8, 4) is 5.88 Å². The maximum atomic E-state index is 6.28. The van der Waals surface area contributed by atoms with E-state index in [-0.39, 0.29) is 10.8 Å². The highest BCUT2D eigenvalue weighted by Crippen LogP contribution is 2.30. The van der Waals surface area contributed by atoms with Crippen molar-refractivity contribution in [3.63, 3.8) is 0 Å². The van der Waals surface area contributed by atoms with Gasteiger partial charge in [0, 0.05) is 12.6 Å². The quantitative estimate of drug-likeness (QED) is 0.777. The molecule has 0 amide bonds. The molecule has 5 heteroatoms. The van der Waals surface area contributed by atoms with Gasteiger partial charge in [0.1, 0.15) is 11.3 Å². The standard InChI is InChI=1S/C15H22ClN3O/c1-6-15(3,4)9-19-13(10(2)16)17-11-7-8-12(20-5)18-14(11)19/h7-8,10H,6,9H2,1-5H3. The molecule has 0 aliphatic carbocycles. The fraction of sp³-hybridized carbons (Fsp3) is 0.600. The maximum absolute atomic E-state index is 6.28. The Labute approximate surface area is 125 Å². The average Bonchev–Trinajstić information content (AvgIpc) is 2.76. The van der Waals surface area contributed by atoms with Crippen LogP contribution in [0.1, 0.15) is 45.3 Å². The van der Waals surface area contributed by atoms with Gasteiger partial charge in [0.15, 0.2) is 5.65 Å².